The highest BCUT2D eigenvalue weighted by molar-refractivity contribution is 7.80. The fourth-order valence-electron chi connectivity index (χ4n) is 15.7. The first kappa shape index (κ1) is 66.8. The number of aliphatic hydroxyl groups excluding tert-OH is 11. The van der Waals surface area contributed by atoms with Gasteiger partial charge in [-0.3, -0.25) is 9.35 Å². The molecular formula is C56H92O27S. The Bertz CT molecular complexity index is 2400. The summed E-state index contributed by atoms with van der Waals surface area (Å²) in [7, 11) is -4.87. The van der Waals surface area contributed by atoms with Crippen LogP contribution in [-0.2, 0) is 66.7 Å². The number of carbonyl (C=O) groups is 1. The van der Waals surface area contributed by atoms with Crippen LogP contribution in [-0.4, -0.2) is 252 Å². The summed E-state index contributed by atoms with van der Waals surface area (Å²) in [5.41, 5.74) is -1.22. The van der Waals surface area contributed by atoms with E-state index in [4.69, 9.17) is 51.6 Å². The monoisotopic (exact) mass is 1230 g/mol. The minimum absolute atomic E-state index is 0.00676. The minimum Gasteiger partial charge on any atom is -0.389 e. The first-order valence-electron chi connectivity index (χ1n) is 29.7. The van der Waals surface area contributed by atoms with E-state index in [0.717, 1.165) is 12.0 Å². The van der Waals surface area contributed by atoms with Crippen molar-refractivity contribution in [2.75, 3.05) is 6.61 Å². The van der Waals surface area contributed by atoms with E-state index >= 15 is 0 Å². The van der Waals surface area contributed by atoms with Crippen LogP contribution in [0.2, 0.25) is 0 Å². The Balaban J connectivity index is 0.978. The standard InChI is InChI=1S/C56H92O27S/c1-21(2)16-26(57)19-56(9,69)34-11-10-29-28-18-32(31-17-27(83-84(70,71)72)12-14-54(31,7)30(28)13-15-55(29,34)8)78-51-45(68)46(38(61)25(6)76-51)80-52-47(81-49-43(66)40(63)35(58)22(3)74-49)39(62)33(20-73-52)79-53-48(42(65)37(60)24(5)77-53)82-50-44(67)41(64)36(59)23(4)75-50/h13,21-25,27-29,31-53,58-69H,10-12,14-20H2,1-9H3,(H,70,71,72)/t22?,23?,24?,25?,27-,28?,29?,31?,32-,33?,34-,35?,36?,37?,38?,39?,40?,41?,42?,43?,44?,45?,46?,47?,48?,49?,50?,51?,52?,53?,54+,55-,56-/m0/s1. The van der Waals surface area contributed by atoms with E-state index in [1.54, 1.807) is 6.92 Å². The zero-order chi connectivity index (χ0) is 61.6. The summed E-state index contributed by atoms with van der Waals surface area (Å²) < 4.78 is 101. The van der Waals surface area contributed by atoms with Crippen LogP contribution in [0, 0.1) is 40.4 Å². The molecule has 0 aromatic carbocycles. The number of Topliss-reactive ketones (excluding diaryl/α,β-unsaturated/α-hetero) is 1. The van der Waals surface area contributed by atoms with E-state index in [1.807, 2.05) is 13.8 Å². The summed E-state index contributed by atoms with van der Waals surface area (Å²) in [5, 5.41) is 135. The smallest absolute Gasteiger partial charge is 0.389 e. The molecule has 28 heteroatoms. The Labute approximate surface area is 489 Å². The Morgan fingerprint density at radius 3 is 1.70 bits per heavy atom. The van der Waals surface area contributed by atoms with Crippen LogP contribution in [0.25, 0.3) is 0 Å². The van der Waals surface area contributed by atoms with Gasteiger partial charge in [0.05, 0.1) is 48.8 Å². The summed E-state index contributed by atoms with van der Waals surface area (Å²) >= 11 is 0. The molecular weight excluding hydrogens is 1140 g/mol. The second-order valence-electron chi connectivity index (χ2n) is 26.7. The highest BCUT2D eigenvalue weighted by Crippen LogP contribution is 2.67. The van der Waals surface area contributed by atoms with Crippen molar-refractivity contribution < 1.29 is 131 Å². The maximum atomic E-state index is 13.2. The molecule has 3 saturated carbocycles. The molecule has 5 heterocycles. The van der Waals surface area contributed by atoms with Crippen LogP contribution in [0.1, 0.15) is 120 Å². The number of carbonyl (C=O) groups excluding carboxylic acids is 1. The van der Waals surface area contributed by atoms with Crippen molar-refractivity contribution in [1.29, 1.82) is 0 Å². The third-order valence-electron chi connectivity index (χ3n) is 20.3. The predicted molar refractivity (Wildman–Crippen MR) is 284 cm³/mol. The van der Waals surface area contributed by atoms with Gasteiger partial charge in [0.1, 0.15) is 97.3 Å². The summed E-state index contributed by atoms with van der Waals surface area (Å²) in [6.07, 6.45) is -35.2. The number of ether oxygens (including phenoxy) is 10. The number of hydrogen-bond acceptors (Lipinski definition) is 26. The molecule has 5 aliphatic heterocycles. The molecule has 0 spiro atoms. The van der Waals surface area contributed by atoms with Crippen molar-refractivity contribution in [3.8, 4) is 0 Å². The molecule has 0 aromatic rings. The van der Waals surface area contributed by atoms with Crippen LogP contribution < -0.4 is 0 Å². The van der Waals surface area contributed by atoms with Gasteiger partial charge in [0.15, 0.2) is 31.5 Å². The molecule has 484 valence electrons. The molecule has 5 saturated heterocycles. The molecule has 4 aliphatic carbocycles. The van der Waals surface area contributed by atoms with Gasteiger partial charge >= 0.3 is 10.4 Å². The van der Waals surface area contributed by atoms with E-state index in [0.29, 0.717) is 32.1 Å². The molecule has 8 fully saturated rings. The Morgan fingerprint density at radius 2 is 1.13 bits per heavy atom. The van der Waals surface area contributed by atoms with Gasteiger partial charge in [0.2, 0.25) is 0 Å². The lowest BCUT2D eigenvalue weighted by molar-refractivity contribution is -0.397. The fraction of sp³-hybridized carbons (Fsp3) is 0.946. The van der Waals surface area contributed by atoms with Crippen molar-refractivity contribution in [1.82, 2.24) is 0 Å². The lowest BCUT2D eigenvalue weighted by Gasteiger charge is -2.60. The van der Waals surface area contributed by atoms with E-state index < -0.39 is 199 Å². The molecule has 84 heavy (non-hydrogen) atoms. The topological polar surface area (TPSA) is 416 Å². The van der Waals surface area contributed by atoms with Gasteiger partial charge in [-0.2, -0.15) is 8.42 Å². The van der Waals surface area contributed by atoms with Crippen LogP contribution in [0.15, 0.2) is 11.6 Å². The second-order valence-corrected chi connectivity index (χ2v) is 27.7. The van der Waals surface area contributed by atoms with Crippen molar-refractivity contribution in [2.24, 2.45) is 40.4 Å². The van der Waals surface area contributed by atoms with Crippen molar-refractivity contribution >= 4 is 16.2 Å². The molecule has 0 amide bonds. The Morgan fingerprint density at radius 1 is 0.619 bits per heavy atom. The molecule has 9 rings (SSSR count). The largest absolute Gasteiger partial charge is 0.397 e. The van der Waals surface area contributed by atoms with E-state index in [2.05, 4.69) is 19.9 Å². The zero-order valence-electron chi connectivity index (χ0n) is 49.0. The molecule has 9 aliphatic rings. The molecule has 13 N–H and O–H groups in total. The van der Waals surface area contributed by atoms with Gasteiger partial charge in [-0.1, -0.05) is 39.3 Å². The van der Waals surface area contributed by atoms with Crippen LogP contribution in [0.3, 0.4) is 0 Å². The van der Waals surface area contributed by atoms with E-state index in [1.165, 1.54) is 27.7 Å². The van der Waals surface area contributed by atoms with Crippen LogP contribution >= 0.6 is 0 Å². The maximum Gasteiger partial charge on any atom is 0.397 e. The van der Waals surface area contributed by atoms with Crippen LogP contribution in [0.4, 0.5) is 0 Å². The third-order valence-corrected chi connectivity index (χ3v) is 20.8. The van der Waals surface area contributed by atoms with Gasteiger partial charge < -0.3 is 109 Å². The first-order valence-corrected chi connectivity index (χ1v) is 31.1. The fourth-order valence-corrected chi connectivity index (χ4v) is 16.2. The number of rotatable bonds is 17. The molecule has 27 unspecified atom stereocenters. The highest BCUT2D eigenvalue weighted by atomic mass is 32.3. The number of fused-ring (bicyclic) bond motifs is 5. The van der Waals surface area contributed by atoms with Gasteiger partial charge in [-0.25, -0.2) is 4.18 Å². The summed E-state index contributed by atoms with van der Waals surface area (Å²) in [6.45, 7) is 15.0. The molecule has 0 bridgehead atoms. The molecule has 0 aromatic heterocycles. The summed E-state index contributed by atoms with van der Waals surface area (Å²) in [6, 6.07) is 0. The second kappa shape index (κ2) is 25.6. The minimum atomic E-state index is -4.87. The lowest BCUT2D eigenvalue weighted by Crippen LogP contribution is -2.66. The first-order chi connectivity index (χ1) is 39.1. The number of ketones is 1. The van der Waals surface area contributed by atoms with Gasteiger partial charge in [0.25, 0.3) is 0 Å². The Hall–Kier alpha value is -1.60. The average molecular weight is 1230 g/mol. The summed E-state index contributed by atoms with van der Waals surface area (Å²) in [4.78, 5) is 13.2. The quantitative estimate of drug-likeness (QED) is 0.0573. The average Bonchev–Trinajstić information content (AvgIpc) is 1.36. The summed E-state index contributed by atoms with van der Waals surface area (Å²) in [5.74, 6) is -0.738. The number of allylic oxidation sites excluding steroid dienone is 2. The van der Waals surface area contributed by atoms with Crippen LogP contribution in [0.5, 0.6) is 0 Å². The molecule has 0 radical (unpaired) electrons. The van der Waals surface area contributed by atoms with E-state index in [9.17, 15) is 79.0 Å². The van der Waals surface area contributed by atoms with Gasteiger partial charge in [-0.05, 0) is 120 Å². The van der Waals surface area contributed by atoms with Crippen molar-refractivity contribution in [2.45, 2.75) is 285 Å². The zero-order valence-corrected chi connectivity index (χ0v) is 49.8. The van der Waals surface area contributed by atoms with Crippen molar-refractivity contribution in [3.63, 3.8) is 0 Å². The molecule has 33 atom stereocenters. The third kappa shape index (κ3) is 13.1. The predicted octanol–water partition coefficient (Wildman–Crippen LogP) is -1.65. The number of aliphatic hydroxyl groups is 12. The Kier molecular flexibility index (Phi) is 20.4. The van der Waals surface area contributed by atoms with E-state index in [-0.39, 0.29) is 48.7 Å². The highest BCUT2D eigenvalue weighted by Gasteiger charge is 2.64. The van der Waals surface area contributed by atoms with Crippen molar-refractivity contribution in [3.05, 3.63) is 11.6 Å². The maximum absolute atomic E-state index is 13.2. The lowest BCUT2D eigenvalue weighted by atomic mass is 9.47. The normalized spacial score (nSPS) is 51.7. The van der Waals surface area contributed by atoms with Gasteiger partial charge in [0, 0.05) is 12.8 Å². The molecule has 27 nitrogen and oxygen atoms in total. The SMILES string of the molecule is CC(C)CC(=O)C[C@](C)(O)[C@H]1CCC2C3C[C@H](OC4OC(C)C(O)C(OC5OCC(OC6OC(C)C(O)C(O)C6OC6OC(C)C(O)C(O)C6O)C(O)C5OC5OC(C)C(O)C(O)C5O)C4O)C4C[C@@H](OS(=O)(=O)O)CC[C@]4(C)C3=CC[C@@]21C. The number of hydrogen-bond donors (Lipinski definition) is 13. The van der Waals surface area contributed by atoms with Gasteiger partial charge in [-0.15, -0.1) is 0 Å².